The molecular weight excluding hydrogens is 584 g/mol. The molecule has 2 N–H and O–H groups in total. The predicted octanol–water partition coefficient (Wildman–Crippen LogP) is 4.47. The minimum Gasteiger partial charge on any atom is -0.381 e. The van der Waals surface area contributed by atoms with Crippen LogP contribution in [0.1, 0.15) is 55.7 Å². The van der Waals surface area contributed by atoms with Crippen LogP contribution in [0.3, 0.4) is 0 Å². The van der Waals surface area contributed by atoms with Gasteiger partial charge in [-0.3, -0.25) is 9.69 Å². The molecule has 4 heterocycles. The number of nitrogens with zero attached hydrogens (tertiary/aromatic N) is 6. The summed E-state index contributed by atoms with van der Waals surface area (Å²) in [5.74, 6) is 2.33. The monoisotopic (exact) mass is 628 g/mol. The van der Waals surface area contributed by atoms with Gasteiger partial charge in [0.1, 0.15) is 5.82 Å². The molecule has 0 aliphatic carbocycles. The fourth-order valence-corrected chi connectivity index (χ4v) is 6.35. The molecule has 3 saturated heterocycles. The number of hydrogen-bond donors (Lipinski definition) is 2. The fraction of sp³-hybridized carbons (Fsp3) is 0.500. The Kier molecular flexibility index (Phi) is 10.1. The highest BCUT2D eigenvalue weighted by molar-refractivity contribution is 6.00. The molecule has 3 amide bonds. The molecule has 3 aliphatic rings. The first kappa shape index (κ1) is 31.8. The number of carbonyl (C=O) groups excluding carboxylic acids is 2. The number of urea groups is 1. The van der Waals surface area contributed by atoms with E-state index in [9.17, 15) is 9.59 Å². The molecule has 3 aliphatic heterocycles. The lowest BCUT2D eigenvalue weighted by molar-refractivity contribution is 0.0426. The summed E-state index contributed by atoms with van der Waals surface area (Å²) in [7, 11) is 0. The smallest absolute Gasteiger partial charge is 0.323 e. The van der Waals surface area contributed by atoms with E-state index >= 15 is 0 Å². The van der Waals surface area contributed by atoms with Gasteiger partial charge in [0.05, 0.1) is 13.2 Å². The number of ether oxygens (including phenoxy) is 2. The minimum atomic E-state index is -0.373. The molecule has 244 valence electrons. The van der Waals surface area contributed by atoms with Crippen molar-refractivity contribution in [1.29, 1.82) is 0 Å². The Morgan fingerprint density at radius 1 is 0.804 bits per heavy atom. The Labute approximate surface area is 270 Å². The fourth-order valence-electron chi connectivity index (χ4n) is 6.35. The standard InChI is InChI=1S/C34H44N8O4/c1-23(2)42-15-14-41(22-24(42)3)32(43)27-6-10-29(11-7-27)36-34(44)35-28-8-4-25(5-9-28)30-37-31(26-12-18-45-19-13-26)39-33(38-30)40-16-20-46-21-17-40/h4-11,23-24,26H,12-22H2,1-3H3,(H2,35,36,44). The van der Waals surface area contributed by atoms with Crippen LogP contribution < -0.4 is 15.5 Å². The molecule has 3 aromatic rings. The normalized spacial score (nSPS) is 19.7. The van der Waals surface area contributed by atoms with E-state index < -0.39 is 0 Å². The third-order valence-corrected chi connectivity index (χ3v) is 8.94. The van der Waals surface area contributed by atoms with E-state index in [1.807, 2.05) is 29.2 Å². The highest BCUT2D eigenvalue weighted by Crippen LogP contribution is 2.28. The second-order valence-electron chi connectivity index (χ2n) is 12.5. The summed E-state index contributed by atoms with van der Waals surface area (Å²) in [6.45, 7) is 13.0. The van der Waals surface area contributed by atoms with Crippen LogP contribution in [0.25, 0.3) is 11.4 Å². The summed E-state index contributed by atoms with van der Waals surface area (Å²) in [5.41, 5.74) is 2.69. The van der Waals surface area contributed by atoms with Crippen LogP contribution in [0.4, 0.5) is 22.1 Å². The Hall–Kier alpha value is -4.13. The molecule has 1 unspecified atom stereocenters. The van der Waals surface area contributed by atoms with Crippen molar-refractivity contribution in [1.82, 2.24) is 24.8 Å². The van der Waals surface area contributed by atoms with Gasteiger partial charge in [-0.15, -0.1) is 0 Å². The number of anilines is 3. The number of nitrogens with one attached hydrogen (secondary N) is 2. The second-order valence-corrected chi connectivity index (χ2v) is 12.5. The van der Waals surface area contributed by atoms with Crippen molar-refractivity contribution in [3.63, 3.8) is 0 Å². The molecule has 0 spiro atoms. The quantitative estimate of drug-likeness (QED) is 0.390. The minimum absolute atomic E-state index is 0.0152. The van der Waals surface area contributed by atoms with E-state index in [2.05, 4.69) is 41.2 Å². The van der Waals surface area contributed by atoms with Crippen LogP contribution in [-0.4, -0.2) is 108 Å². The maximum Gasteiger partial charge on any atom is 0.323 e. The van der Waals surface area contributed by atoms with Gasteiger partial charge in [0.25, 0.3) is 5.91 Å². The third kappa shape index (κ3) is 7.63. The highest BCUT2D eigenvalue weighted by Gasteiger charge is 2.29. The number of morpholine rings is 1. The first-order valence-electron chi connectivity index (χ1n) is 16.3. The molecule has 1 aromatic heterocycles. The van der Waals surface area contributed by atoms with E-state index in [4.69, 9.17) is 24.4 Å². The van der Waals surface area contributed by atoms with Gasteiger partial charge in [-0.2, -0.15) is 9.97 Å². The van der Waals surface area contributed by atoms with Crippen LogP contribution in [0.2, 0.25) is 0 Å². The number of carbonyl (C=O) groups is 2. The summed E-state index contributed by atoms with van der Waals surface area (Å²) in [6.07, 6.45) is 1.77. The molecule has 0 radical (unpaired) electrons. The number of hydrogen-bond acceptors (Lipinski definition) is 9. The molecule has 0 bridgehead atoms. The first-order chi connectivity index (χ1) is 22.3. The lowest BCUT2D eigenvalue weighted by Crippen LogP contribution is -2.55. The van der Waals surface area contributed by atoms with Gasteiger partial charge in [0.2, 0.25) is 5.95 Å². The number of benzene rings is 2. The van der Waals surface area contributed by atoms with Crippen LogP contribution in [-0.2, 0) is 9.47 Å². The zero-order chi connectivity index (χ0) is 32.0. The van der Waals surface area contributed by atoms with Gasteiger partial charge in [0.15, 0.2) is 5.82 Å². The molecule has 46 heavy (non-hydrogen) atoms. The molecular formula is C34H44N8O4. The van der Waals surface area contributed by atoms with Crippen molar-refractivity contribution in [3.8, 4) is 11.4 Å². The molecule has 1 atom stereocenters. The van der Waals surface area contributed by atoms with E-state index in [1.165, 1.54) is 0 Å². The van der Waals surface area contributed by atoms with Crippen molar-refractivity contribution in [2.75, 3.05) is 74.7 Å². The third-order valence-electron chi connectivity index (χ3n) is 8.94. The zero-order valence-electron chi connectivity index (χ0n) is 26.9. The van der Waals surface area contributed by atoms with Crippen LogP contribution in [0.15, 0.2) is 48.5 Å². The molecule has 12 heteroatoms. The molecule has 0 saturated carbocycles. The number of amides is 3. The Balaban J connectivity index is 1.08. The van der Waals surface area contributed by atoms with Crippen molar-refractivity contribution in [2.45, 2.75) is 51.6 Å². The van der Waals surface area contributed by atoms with Crippen molar-refractivity contribution >= 4 is 29.3 Å². The molecule has 2 aromatic carbocycles. The summed E-state index contributed by atoms with van der Waals surface area (Å²) < 4.78 is 11.1. The van der Waals surface area contributed by atoms with E-state index in [-0.39, 0.29) is 17.9 Å². The molecule has 6 rings (SSSR count). The maximum atomic E-state index is 13.1. The van der Waals surface area contributed by atoms with Gasteiger partial charge in [-0.05, 0) is 82.1 Å². The van der Waals surface area contributed by atoms with Gasteiger partial charge in [0, 0.05) is 86.4 Å². The number of rotatable bonds is 7. The van der Waals surface area contributed by atoms with Gasteiger partial charge >= 0.3 is 6.03 Å². The summed E-state index contributed by atoms with van der Waals surface area (Å²) in [4.78, 5) is 46.9. The Bertz CT molecular complexity index is 1450. The first-order valence-corrected chi connectivity index (χ1v) is 16.3. The average Bonchev–Trinajstić information content (AvgIpc) is 3.09. The van der Waals surface area contributed by atoms with Crippen molar-refractivity contribution in [3.05, 3.63) is 59.9 Å². The number of piperazine rings is 1. The average molecular weight is 629 g/mol. The largest absolute Gasteiger partial charge is 0.381 e. The zero-order valence-corrected chi connectivity index (χ0v) is 26.9. The lowest BCUT2D eigenvalue weighted by atomic mass is 9.99. The van der Waals surface area contributed by atoms with Crippen LogP contribution in [0.5, 0.6) is 0 Å². The van der Waals surface area contributed by atoms with E-state index in [1.54, 1.807) is 24.3 Å². The van der Waals surface area contributed by atoms with Gasteiger partial charge in [-0.1, -0.05) is 0 Å². The SMILES string of the molecule is CC(C)N1CCN(C(=O)c2ccc(NC(=O)Nc3ccc(-c4nc(C5CCOCC5)nc(N5CCOCC5)n4)cc3)cc2)CC1C. The Morgan fingerprint density at radius 2 is 1.43 bits per heavy atom. The Morgan fingerprint density at radius 3 is 2.07 bits per heavy atom. The van der Waals surface area contributed by atoms with Crippen LogP contribution in [0, 0.1) is 0 Å². The van der Waals surface area contributed by atoms with Crippen LogP contribution >= 0.6 is 0 Å². The second kappa shape index (κ2) is 14.5. The van der Waals surface area contributed by atoms with Crippen molar-refractivity contribution < 1.29 is 19.1 Å². The van der Waals surface area contributed by atoms with Crippen molar-refractivity contribution in [2.24, 2.45) is 0 Å². The van der Waals surface area contributed by atoms with E-state index in [0.29, 0.717) is 80.3 Å². The van der Waals surface area contributed by atoms with Gasteiger partial charge in [-0.25, -0.2) is 9.78 Å². The van der Waals surface area contributed by atoms with Gasteiger partial charge < -0.3 is 29.9 Å². The number of aromatic nitrogens is 3. The molecule has 12 nitrogen and oxygen atoms in total. The predicted molar refractivity (Wildman–Crippen MR) is 177 cm³/mol. The summed E-state index contributed by atoms with van der Waals surface area (Å²) in [5, 5.41) is 5.74. The highest BCUT2D eigenvalue weighted by atomic mass is 16.5. The topological polar surface area (TPSA) is 125 Å². The maximum absolute atomic E-state index is 13.1. The molecule has 3 fully saturated rings. The summed E-state index contributed by atoms with van der Waals surface area (Å²) >= 11 is 0. The lowest BCUT2D eigenvalue weighted by Gasteiger charge is -2.42. The van der Waals surface area contributed by atoms with E-state index in [0.717, 1.165) is 43.9 Å². The summed E-state index contributed by atoms with van der Waals surface area (Å²) in [6, 6.07) is 14.9.